The zero-order valence-corrected chi connectivity index (χ0v) is 18.1. The summed E-state index contributed by atoms with van der Waals surface area (Å²) in [6, 6.07) is 3.40. The number of phenolic OH excluding ortho intramolecular Hbond substituents is 1. The van der Waals surface area contributed by atoms with Gasteiger partial charge >= 0.3 is 5.97 Å². The van der Waals surface area contributed by atoms with E-state index in [1.807, 2.05) is 19.9 Å². The van der Waals surface area contributed by atoms with Gasteiger partial charge in [-0.2, -0.15) is 0 Å². The Morgan fingerprint density at radius 3 is 2.71 bits per heavy atom. The molecule has 0 fully saturated rings. The fourth-order valence-corrected chi connectivity index (χ4v) is 3.52. The summed E-state index contributed by atoms with van der Waals surface area (Å²) < 4.78 is 15.6. The third kappa shape index (κ3) is 4.79. The minimum absolute atomic E-state index is 0.103. The van der Waals surface area contributed by atoms with Crippen LogP contribution in [0.4, 0.5) is 5.69 Å². The number of aromatic nitrogens is 1. The van der Waals surface area contributed by atoms with Gasteiger partial charge < -0.3 is 24.6 Å². The number of allylic oxidation sites excluding steroid dienone is 2. The largest absolute Gasteiger partial charge is 0.507 e. The Bertz CT molecular complexity index is 1030. The molecule has 0 aliphatic carbocycles. The van der Waals surface area contributed by atoms with Crippen LogP contribution in [-0.2, 0) is 22.6 Å². The zero-order chi connectivity index (χ0) is 22.5. The van der Waals surface area contributed by atoms with Crippen LogP contribution >= 0.6 is 0 Å². The molecule has 1 aromatic heterocycles. The van der Waals surface area contributed by atoms with Crippen molar-refractivity contribution in [2.75, 3.05) is 19.5 Å². The van der Waals surface area contributed by atoms with E-state index in [2.05, 4.69) is 10.3 Å². The molecule has 0 saturated carbocycles. The van der Waals surface area contributed by atoms with E-state index in [0.29, 0.717) is 47.7 Å². The number of phenols is 1. The molecule has 1 aliphatic rings. The number of nitrogens with one attached hydrogen (secondary N) is 1. The first-order valence-electron chi connectivity index (χ1n) is 9.89. The van der Waals surface area contributed by atoms with Crippen LogP contribution < -0.4 is 14.8 Å². The van der Waals surface area contributed by atoms with Gasteiger partial charge in [-0.25, -0.2) is 9.78 Å². The summed E-state index contributed by atoms with van der Waals surface area (Å²) in [6.07, 6.45) is 4.67. The first-order chi connectivity index (χ1) is 14.8. The van der Waals surface area contributed by atoms with Gasteiger partial charge in [-0.05, 0) is 38.3 Å². The first kappa shape index (κ1) is 22.1. The van der Waals surface area contributed by atoms with Crippen molar-refractivity contribution < 1.29 is 28.9 Å². The van der Waals surface area contributed by atoms with Crippen molar-refractivity contribution in [2.45, 2.75) is 39.7 Å². The van der Waals surface area contributed by atoms with Gasteiger partial charge in [0.05, 0.1) is 26.1 Å². The monoisotopic (exact) mass is 426 g/mol. The Morgan fingerprint density at radius 1 is 1.29 bits per heavy atom. The fourth-order valence-electron chi connectivity index (χ4n) is 3.52. The highest BCUT2D eigenvalue weighted by Gasteiger charge is 2.31. The number of anilines is 1. The third-order valence-corrected chi connectivity index (χ3v) is 5.28. The summed E-state index contributed by atoms with van der Waals surface area (Å²) >= 11 is 0. The lowest BCUT2D eigenvalue weighted by molar-refractivity contribution is -0.116. The molecule has 0 bridgehead atoms. The number of aromatic hydroxyl groups is 1. The molecule has 0 unspecified atom stereocenters. The van der Waals surface area contributed by atoms with Crippen LogP contribution in [0.15, 0.2) is 30.0 Å². The maximum Gasteiger partial charge on any atom is 0.342 e. The van der Waals surface area contributed by atoms with Crippen molar-refractivity contribution in [3.05, 3.63) is 52.2 Å². The minimum atomic E-state index is -0.523. The van der Waals surface area contributed by atoms with E-state index in [9.17, 15) is 14.7 Å². The van der Waals surface area contributed by atoms with Gasteiger partial charge in [0, 0.05) is 23.6 Å². The molecule has 0 saturated heterocycles. The maximum absolute atomic E-state index is 12.2. The number of esters is 1. The minimum Gasteiger partial charge on any atom is -0.507 e. The van der Waals surface area contributed by atoms with Crippen molar-refractivity contribution in [3.8, 4) is 17.4 Å². The molecule has 0 radical (unpaired) electrons. The van der Waals surface area contributed by atoms with Crippen LogP contribution in [-0.4, -0.2) is 36.2 Å². The number of carbonyl (C=O) groups excluding carboxylic acids is 2. The molecule has 8 nitrogen and oxygen atoms in total. The average molecular weight is 426 g/mol. The van der Waals surface area contributed by atoms with Gasteiger partial charge in [0.1, 0.15) is 23.7 Å². The van der Waals surface area contributed by atoms with Crippen LogP contribution in [0.3, 0.4) is 0 Å². The number of hydrogen-bond acceptors (Lipinski definition) is 7. The summed E-state index contributed by atoms with van der Waals surface area (Å²) in [4.78, 5) is 28.3. The predicted octanol–water partition coefficient (Wildman–Crippen LogP) is 3.69. The van der Waals surface area contributed by atoms with Gasteiger partial charge in [-0.3, -0.25) is 4.79 Å². The van der Waals surface area contributed by atoms with Gasteiger partial charge in [-0.15, -0.1) is 0 Å². The Hall–Kier alpha value is -3.55. The number of nitrogens with zero attached hydrogens (tertiary/aromatic N) is 1. The summed E-state index contributed by atoms with van der Waals surface area (Å²) in [5.41, 5.74) is 3.77. The number of rotatable bonds is 8. The number of amides is 1. The molecule has 2 heterocycles. The Morgan fingerprint density at radius 2 is 2.06 bits per heavy atom. The van der Waals surface area contributed by atoms with Gasteiger partial charge in [0.25, 0.3) is 0 Å². The summed E-state index contributed by atoms with van der Waals surface area (Å²) in [5, 5.41) is 13.5. The fraction of sp³-hybridized carbons (Fsp3) is 0.348. The highest BCUT2D eigenvalue weighted by molar-refractivity contribution is 5.98. The van der Waals surface area contributed by atoms with E-state index >= 15 is 0 Å². The van der Waals surface area contributed by atoms with Crippen molar-refractivity contribution in [1.82, 2.24) is 4.98 Å². The predicted molar refractivity (Wildman–Crippen MR) is 115 cm³/mol. The molecule has 1 aliphatic heterocycles. The molecule has 8 heteroatoms. The molecule has 0 atom stereocenters. The number of cyclic esters (lactones) is 1. The number of carbonyl (C=O) groups is 2. The lowest BCUT2D eigenvalue weighted by Gasteiger charge is -2.15. The second-order valence-electron chi connectivity index (χ2n) is 7.31. The van der Waals surface area contributed by atoms with E-state index < -0.39 is 5.97 Å². The molecule has 0 spiro atoms. The highest BCUT2D eigenvalue weighted by atomic mass is 16.5. The molecular formula is C23H26N2O6. The normalized spacial score (nSPS) is 12.9. The molecule has 2 N–H and O–H groups in total. The van der Waals surface area contributed by atoms with Gasteiger partial charge in [-0.1, -0.05) is 11.6 Å². The van der Waals surface area contributed by atoms with Crippen LogP contribution in [0.2, 0.25) is 0 Å². The van der Waals surface area contributed by atoms with Crippen molar-refractivity contribution in [2.24, 2.45) is 0 Å². The summed E-state index contributed by atoms with van der Waals surface area (Å²) in [7, 11) is 3.06. The molecule has 31 heavy (non-hydrogen) atoms. The first-order valence-corrected chi connectivity index (χ1v) is 9.89. The quantitative estimate of drug-likeness (QED) is 0.490. The second-order valence-corrected chi connectivity index (χ2v) is 7.31. The molecule has 1 amide bonds. The number of benzene rings is 1. The number of pyridine rings is 1. The second kappa shape index (κ2) is 9.51. The lowest BCUT2D eigenvalue weighted by Crippen LogP contribution is -2.11. The van der Waals surface area contributed by atoms with Crippen molar-refractivity contribution in [3.63, 3.8) is 0 Å². The number of methoxy groups -OCH3 is 2. The van der Waals surface area contributed by atoms with E-state index in [0.717, 1.165) is 11.1 Å². The van der Waals surface area contributed by atoms with Crippen LogP contribution in [0, 0.1) is 6.92 Å². The topological polar surface area (TPSA) is 107 Å². The van der Waals surface area contributed by atoms with Gasteiger partial charge in [0.2, 0.25) is 11.8 Å². The zero-order valence-electron chi connectivity index (χ0n) is 18.1. The molecule has 3 rings (SSSR count). The standard InChI is InChI=1S/C23H26N2O6/c1-13(6-9-18(26)25-15-7-10-19(29-3)24-11-15)5-8-16-21(27)20-17(12-31-23(20)28)14(2)22(16)30-4/h5,7,10-11,27H,6,8-9,12H2,1-4H3,(H,25,26)/b13-5+. The van der Waals surface area contributed by atoms with E-state index in [1.54, 1.807) is 12.1 Å². The van der Waals surface area contributed by atoms with Crippen molar-refractivity contribution in [1.29, 1.82) is 0 Å². The highest BCUT2D eigenvalue weighted by Crippen LogP contribution is 2.42. The lowest BCUT2D eigenvalue weighted by atomic mass is 9.94. The third-order valence-electron chi connectivity index (χ3n) is 5.28. The molecule has 2 aromatic rings. The Kier molecular flexibility index (Phi) is 6.79. The van der Waals surface area contributed by atoms with E-state index in [4.69, 9.17) is 14.2 Å². The number of fused-ring (bicyclic) bond motifs is 1. The van der Waals surface area contributed by atoms with Crippen LogP contribution in [0.1, 0.15) is 46.8 Å². The summed E-state index contributed by atoms with van der Waals surface area (Å²) in [5.74, 6) is 0.267. The summed E-state index contributed by atoms with van der Waals surface area (Å²) in [6.45, 7) is 3.90. The number of ether oxygens (including phenoxy) is 3. The van der Waals surface area contributed by atoms with E-state index in [-0.39, 0.29) is 23.8 Å². The van der Waals surface area contributed by atoms with E-state index in [1.165, 1.54) is 20.4 Å². The van der Waals surface area contributed by atoms with Crippen molar-refractivity contribution >= 4 is 17.6 Å². The van der Waals surface area contributed by atoms with Crippen LogP contribution in [0.25, 0.3) is 0 Å². The Labute approximate surface area is 180 Å². The average Bonchev–Trinajstić information content (AvgIpc) is 3.16. The molecule has 164 valence electrons. The number of hydrogen-bond donors (Lipinski definition) is 2. The smallest absolute Gasteiger partial charge is 0.342 e. The van der Waals surface area contributed by atoms with Gasteiger partial charge in [0.15, 0.2) is 0 Å². The molecule has 1 aromatic carbocycles. The SMILES string of the molecule is COc1ccc(NC(=O)CC/C(C)=C/Cc2c(O)c3c(c(C)c2OC)COC3=O)cn1. The molecular weight excluding hydrogens is 400 g/mol. The maximum atomic E-state index is 12.2. The Balaban J connectivity index is 1.65. The van der Waals surface area contributed by atoms with Crippen LogP contribution in [0.5, 0.6) is 17.4 Å².